The molecule has 168 valence electrons. The zero-order valence-corrected chi connectivity index (χ0v) is 18.9. The molecule has 2 rings (SSSR count). The zero-order chi connectivity index (χ0) is 23.0. The van der Waals surface area contributed by atoms with E-state index >= 15 is 0 Å². The fourth-order valence-electron chi connectivity index (χ4n) is 2.41. The predicted octanol–water partition coefficient (Wildman–Crippen LogP) is 2.50. The first kappa shape index (κ1) is 25.4. The van der Waals surface area contributed by atoms with Gasteiger partial charge >= 0.3 is 0 Å². The van der Waals surface area contributed by atoms with Crippen LogP contribution in [0.15, 0.2) is 40.1 Å². The van der Waals surface area contributed by atoms with Crippen molar-refractivity contribution in [2.75, 3.05) is 13.2 Å². The van der Waals surface area contributed by atoms with Gasteiger partial charge in [0, 0.05) is 28.6 Å². The molecule has 0 spiro atoms. The number of nitrogens with two attached hydrogens (primary N) is 1. The molecule has 0 amide bonds. The van der Waals surface area contributed by atoms with Crippen molar-refractivity contribution in [2.24, 2.45) is 5.73 Å². The van der Waals surface area contributed by atoms with E-state index in [0.717, 1.165) is 23.4 Å². The summed E-state index contributed by atoms with van der Waals surface area (Å²) in [4.78, 5) is 0.0451. The molecule has 11 heteroatoms. The summed E-state index contributed by atoms with van der Waals surface area (Å²) in [7, 11) is 0. The molecule has 4 atom stereocenters. The lowest BCUT2D eigenvalue weighted by Gasteiger charge is -2.28. The summed E-state index contributed by atoms with van der Waals surface area (Å²) in [5.74, 6) is -0.709. The lowest BCUT2D eigenvalue weighted by Crippen LogP contribution is -2.41. The largest absolute Gasteiger partial charge is 0.397 e. The van der Waals surface area contributed by atoms with Crippen LogP contribution >= 0.6 is 34.7 Å². The van der Waals surface area contributed by atoms with Crippen LogP contribution in [0, 0.1) is 17.1 Å². The van der Waals surface area contributed by atoms with Gasteiger partial charge in [0.05, 0.1) is 29.0 Å². The fraction of sp³-hybridized carbons (Fsp3) is 0.350. The standard InChI is InChI=1S/C20H23ClFN3O4S2/c1-11(27)18(9-26)29-20(31-19-5-14(21)13(6-23)4-15(19)22)17(28)8-25-7-16(24)12-2-3-30-10-12/h2-5,7,10-11,17-18,20,25-28H,8-9,24H2,1H3/b16-7-. The van der Waals surface area contributed by atoms with Gasteiger partial charge in [-0.25, -0.2) is 4.39 Å². The molecule has 1 aromatic heterocycles. The van der Waals surface area contributed by atoms with Crippen molar-refractivity contribution in [3.63, 3.8) is 0 Å². The third-order valence-corrected chi connectivity index (χ3v) is 6.39. The second-order valence-electron chi connectivity index (χ2n) is 6.55. The Morgan fingerprint density at radius 1 is 1.48 bits per heavy atom. The number of ether oxygens (including phenoxy) is 1. The maximum Gasteiger partial charge on any atom is 0.138 e. The lowest BCUT2D eigenvalue weighted by molar-refractivity contribution is -0.0934. The molecule has 0 aliphatic carbocycles. The van der Waals surface area contributed by atoms with Gasteiger partial charge in [-0.2, -0.15) is 16.6 Å². The second kappa shape index (κ2) is 12.3. The average molecular weight is 488 g/mol. The van der Waals surface area contributed by atoms with Crippen molar-refractivity contribution in [3.05, 3.63) is 57.1 Å². The number of hydrogen-bond acceptors (Lipinski definition) is 9. The zero-order valence-electron chi connectivity index (χ0n) is 16.5. The highest BCUT2D eigenvalue weighted by Gasteiger charge is 2.28. The maximum absolute atomic E-state index is 14.4. The van der Waals surface area contributed by atoms with Gasteiger partial charge in [0.2, 0.25) is 0 Å². The Morgan fingerprint density at radius 2 is 2.23 bits per heavy atom. The first-order valence-electron chi connectivity index (χ1n) is 9.16. The minimum absolute atomic E-state index is 0.00785. The van der Waals surface area contributed by atoms with Crippen molar-refractivity contribution in [1.82, 2.24) is 5.32 Å². The summed E-state index contributed by atoms with van der Waals surface area (Å²) in [6.45, 7) is 0.916. The molecule has 2 aromatic rings. The lowest BCUT2D eigenvalue weighted by atomic mass is 10.2. The second-order valence-corrected chi connectivity index (χ2v) is 8.87. The van der Waals surface area contributed by atoms with Gasteiger partial charge in [-0.1, -0.05) is 23.4 Å². The first-order chi connectivity index (χ1) is 14.8. The third-order valence-electron chi connectivity index (χ3n) is 4.17. The highest BCUT2D eigenvalue weighted by molar-refractivity contribution is 7.99. The van der Waals surface area contributed by atoms with E-state index in [9.17, 15) is 19.7 Å². The highest BCUT2D eigenvalue weighted by Crippen LogP contribution is 2.33. The van der Waals surface area contributed by atoms with Gasteiger partial charge in [0.15, 0.2) is 0 Å². The minimum Gasteiger partial charge on any atom is -0.397 e. The van der Waals surface area contributed by atoms with Crippen LogP contribution in [0.5, 0.6) is 0 Å². The number of nitriles is 1. The van der Waals surface area contributed by atoms with Crippen LogP contribution in [-0.4, -0.2) is 52.2 Å². The highest BCUT2D eigenvalue weighted by atomic mass is 35.5. The Kier molecular flexibility index (Phi) is 10.1. The van der Waals surface area contributed by atoms with Crippen molar-refractivity contribution in [1.29, 1.82) is 5.26 Å². The van der Waals surface area contributed by atoms with Crippen LogP contribution in [-0.2, 0) is 4.74 Å². The number of rotatable bonds is 11. The minimum atomic E-state index is -1.18. The van der Waals surface area contributed by atoms with Gasteiger partial charge in [-0.15, -0.1) is 0 Å². The summed E-state index contributed by atoms with van der Waals surface area (Å²) >= 11 is 8.31. The number of hydrogen-bond donors (Lipinski definition) is 5. The molecule has 6 N–H and O–H groups in total. The maximum atomic E-state index is 14.4. The molecule has 0 saturated heterocycles. The Bertz CT molecular complexity index is 922. The van der Waals surface area contributed by atoms with Gasteiger partial charge in [0.25, 0.3) is 0 Å². The number of benzene rings is 1. The van der Waals surface area contributed by atoms with Crippen molar-refractivity contribution >= 4 is 40.4 Å². The Morgan fingerprint density at radius 3 is 2.81 bits per heavy atom. The molecule has 0 aliphatic rings. The van der Waals surface area contributed by atoms with Gasteiger partial charge in [-0.3, -0.25) is 0 Å². The monoisotopic (exact) mass is 487 g/mol. The van der Waals surface area contributed by atoms with Crippen LogP contribution in [0.4, 0.5) is 4.39 Å². The van der Waals surface area contributed by atoms with Crippen LogP contribution in [0.1, 0.15) is 18.1 Å². The molecule has 0 fully saturated rings. The first-order valence-corrected chi connectivity index (χ1v) is 11.4. The number of halogens is 2. The van der Waals surface area contributed by atoms with Gasteiger partial charge in [-0.05, 0) is 30.5 Å². The van der Waals surface area contributed by atoms with E-state index in [1.165, 1.54) is 30.5 Å². The van der Waals surface area contributed by atoms with E-state index in [2.05, 4.69) is 5.32 Å². The summed E-state index contributed by atoms with van der Waals surface area (Å²) in [6, 6.07) is 5.90. The van der Waals surface area contributed by atoms with E-state index in [-0.39, 0.29) is 22.0 Å². The van der Waals surface area contributed by atoms with Crippen molar-refractivity contribution < 1.29 is 24.4 Å². The fourth-order valence-corrected chi connectivity index (χ4v) is 4.40. The van der Waals surface area contributed by atoms with E-state index in [1.807, 2.05) is 16.8 Å². The summed E-state index contributed by atoms with van der Waals surface area (Å²) < 4.78 is 20.1. The quantitative estimate of drug-likeness (QED) is 0.241. The van der Waals surface area contributed by atoms with Crippen LogP contribution in [0.2, 0.25) is 5.02 Å². The summed E-state index contributed by atoms with van der Waals surface area (Å²) in [5, 5.41) is 45.6. The van der Waals surface area contributed by atoms with E-state index in [0.29, 0.717) is 5.70 Å². The normalized spacial score (nSPS) is 15.7. The van der Waals surface area contributed by atoms with Crippen LogP contribution < -0.4 is 11.1 Å². The van der Waals surface area contributed by atoms with Crippen LogP contribution in [0.25, 0.3) is 5.70 Å². The number of thioether (sulfide) groups is 1. The number of aliphatic hydroxyl groups excluding tert-OH is 3. The van der Waals surface area contributed by atoms with Crippen LogP contribution in [0.3, 0.4) is 0 Å². The smallest absolute Gasteiger partial charge is 0.138 e. The van der Waals surface area contributed by atoms with E-state index in [1.54, 1.807) is 6.07 Å². The molecule has 0 saturated carbocycles. The average Bonchev–Trinajstić information content (AvgIpc) is 3.27. The van der Waals surface area contributed by atoms with Gasteiger partial charge < -0.3 is 31.1 Å². The number of nitrogens with zero attached hydrogens (tertiary/aromatic N) is 1. The van der Waals surface area contributed by atoms with E-state index < -0.39 is 36.2 Å². The molecule has 31 heavy (non-hydrogen) atoms. The molecule has 1 heterocycles. The van der Waals surface area contributed by atoms with E-state index in [4.69, 9.17) is 27.3 Å². The Labute approximate surface area is 192 Å². The molecule has 0 aliphatic heterocycles. The third kappa shape index (κ3) is 7.36. The Hall–Kier alpha value is -1.84. The topological polar surface area (TPSA) is 132 Å². The molecule has 0 bridgehead atoms. The van der Waals surface area contributed by atoms with Crippen molar-refractivity contribution in [3.8, 4) is 6.07 Å². The molecule has 0 radical (unpaired) electrons. The molecule has 1 aromatic carbocycles. The number of aliphatic hydroxyl groups is 3. The molecular formula is C20H23ClFN3O4S2. The summed E-state index contributed by atoms with van der Waals surface area (Å²) in [6.07, 6.45) is -1.69. The summed E-state index contributed by atoms with van der Waals surface area (Å²) in [5.41, 5.74) is 6.17. The SMILES string of the molecule is CC(O)C(CO)OC(Sc1cc(Cl)c(C#N)cc1F)C(O)CN/C=C(\N)c1ccsc1. The predicted molar refractivity (Wildman–Crippen MR) is 120 cm³/mol. The van der Waals surface area contributed by atoms with Gasteiger partial charge in [0.1, 0.15) is 29.5 Å². The van der Waals surface area contributed by atoms with Crippen molar-refractivity contribution in [2.45, 2.75) is 35.6 Å². The molecule has 7 nitrogen and oxygen atoms in total. The number of nitrogens with one attached hydrogen (secondary N) is 1. The number of thiophene rings is 1. The molecule has 4 unspecified atom stereocenters. The Balaban J connectivity index is 2.16. The molecular weight excluding hydrogens is 465 g/mol.